The lowest BCUT2D eigenvalue weighted by molar-refractivity contribution is 0.395. The highest BCUT2D eigenvalue weighted by Crippen LogP contribution is 2.28. The normalized spacial score (nSPS) is 10.5. The average molecular weight is 213 g/mol. The van der Waals surface area contributed by atoms with Crippen LogP contribution >= 0.6 is 23.1 Å². The number of aromatic nitrogens is 2. The highest BCUT2D eigenvalue weighted by molar-refractivity contribution is 8.00. The number of thiazole rings is 1. The maximum atomic E-state index is 5.49. The number of thioether (sulfide) groups is 1. The second kappa shape index (κ2) is 3.80. The zero-order valence-corrected chi connectivity index (χ0v) is 8.27. The van der Waals surface area contributed by atoms with Gasteiger partial charge in [0.05, 0.1) is 22.4 Å². The first-order valence-corrected chi connectivity index (χ1v) is 5.38. The third kappa shape index (κ3) is 2.22. The Balaban J connectivity index is 1.93. The third-order valence-corrected chi connectivity index (χ3v) is 3.39. The van der Waals surface area contributed by atoms with E-state index < -0.39 is 0 Å². The molecular weight excluding hydrogens is 206 g/mol. The molecule has 0 aliphatic carbocycles. The molecule has 2 rings (SSSR count). The quantitative estimate of drug-likeness (QED) is 0.790. The van der Waals surface area contributed by atoms with Crippen LogP contribution in [0.5, 0.6) is 0 Å². The Morgan fingerprint density at radius 2 is 2.54 bits per heavy atom. The van der Waals surface area contributed by atoms with Crippen molar-refractivity contribution in [3.8, 4) is 0 Å². The summed E-state index contributed by atoms with van der Waals surface area (Å²) >= 11 is 3.12. The van der Waals surface area contributed by atoms with Crippen LogP contribution in [0, 0.1) is 0 Å². The van der Waals surface area contributed by atoms with Crippen LogP contribution in [0.1, 0.15) is 5.76 Å². The molecule has 13 heavy (non-hydrogen) atoms. The van der Waals surface area contributed by atoms with E-state index in [2.05, 4.69) is 10.1 Å². The number of nitrogens with two attached hydrogens (primary N) is 1. The minimum Gasteiger partial charge on any atom is -0.375 e. The van der Waals surface area contributed by atoms with Gasteiger partial charge in [0.2, 0.25) is 0 Å². The maximum Gasteiger partial charge on any atom is 0.181 e. The first-order valence-electron chi connectivity index (χ1n) is 3.58. The van der Waals surface area contributed by atoms with Crippen LogP contribution in [0.25, 0.3) is 0 Å². The fourth-order valence-electron chi connectivity index (χ4n) is 0.798. The topological polar surface area (TPSA) is 64.9 Å². The fraction of sp³-hybridized carbons (Fsp3) is 0.143. The predicted molar refractivity (Wildman–Crippen MR) is 52.6 cm³/mol. The van der Waals surface area contributed by atoms with E-state index in [-0.39, 0.29) is 0 Å². The van der Waals surface area contributed by atoms with Crippen LogP contribution in [0.3, 0.4) is 0 Å². The van der Waals surface area contributed by atoms with Crippen molar-refractivity contribution in [2.75, 3.05) is 5.73 Å². The average Bonchev–Trinajstić information content (AvgIpc) is 2.71. The molecule has 0 bridgehead atoms. The summed E-state index contributed by atoms with van der Waals surface area (Å²) in [7, 11) is 0. The molecule has 0 amide bonds. The summed E-state index contributed by atoms with van der Waals surface area (Å²) in [6.07, 6.45) is 3.40. The zero-order chi connectivity index (χ0) is 9.10. The molecule has 6 heteroatoms. The molecule has 0 unspecified atom stereocenters. The Kier molecular flexibility index (Phi) is 2.51. The van der Waals surface area contributed by atoms with Gasteiger partial charge in [0.1, 0.15) is 5.76 Å². The Labute approximate surface area is 83.1 Å². The van der Waals surface area contributed by atoms with Crippen LogP contribution < -0.4 is 5.73 Å². The summed E-state index contributed by atoms with van der Waals surface area (Å²) < 4.78 is 6.04. The summed E-state index contributed by atoms with van der Waals surface area (Å²) in [6.45, 7) is 0. The molecule has 0 radical (unpaired) electrons. The number of nitrogens with zero attached hydrogens (tertiary/aromatic N) is 2. The monoisotopic (exact) mass is 213 g/mol. The predicted octanol–water partition coefficient (Wildman–Crippen LogP) is 2.01. The smallest absolute Gasteiger partial charge is 0.181 e. The molecule has 0 spiro atoms. The molecule has 4 nitrogen and oxygen atoms in total. The minimum absolute atomic E-state index is 0.597. The number of nitrogen functional groups attached to an aromatic ring is 1. The molecule has 0 aromatic carbocycles. The van der Waals surface area contributed by atoms with E-state index >= 15 is 0 Å². The van der Waals surface area contributed by atoms with Crippen LogP contribution in [-0.2, 0) is 5.75 Å². The SMILES string of the molecule is Nc1ncc(SCc2ccno2)s1. The number of anilines is 1. The summed E-state index contributed by atoms with van der Waals surface area (Å²) in [6, 6.07) is 1.84. The lowest BCUT2D eigenvalue weighted by Gasteiger charge is -1.90. The van der Waals surface area contributed by atoms with Crippen LogP contribution in [0.4, 0.5) is 5.13 Å². The van der Waals surface area contributed by atoms with Crippen molar-refractivity contribution in [1.29, 1.82) is 0 Å². The number of hydrogen-bond acceptors (Lipinski definition) is 6. The second-order valence-electron chi connectivity index (χ2n) is 2.28. The molecular formula is C7H7N3OS2. The Morgan fingerprint density at radius 3 is 3.15 bits per heavy atom. The van der Waals surface area contributed by atoms with Gasteiger partial charge in [0.15, 0.2) is 5.13 Å². The summed E-state index contributed by atoms with van der Waals surface area (Å²) in [5.74, 6) is 1.62. The molecule has 2 aromatic heterocycles. The van der Waals surface area contributed by atoms with E-state index in [1.165, 1.54) is 11.3 Å². The molecule has 0 saturated heterocycles. The van der Waals surface area contributed by atoms with Gasteiger partial charge in [-0.05, 0) is 0 Å². The van der Waals surface area contributed by atoms with Gasteiger partial charge in [-0.25, -0.2) is 4.98 Å². The molecule has 0 saturated carbocycles. The van der Waals surface area contributed by atoms with Gasteiger partial charge < -0.3 is 10.3 Å². The van der Waals surface area contributed by atoms with E-state index in [1.807, 2.05) is 6.07 Å². The summed E-state index contributed by atoms with van der Waals surface area (Å²) in [4.78, 5) is 3.95. The first-order chi connectivity index (χ1) is 6.34. The molecule has 2 N–H and O–H groups in total. The van der Waals surface area contributed by atoms with Crippen molar-refractivity contribution in [3.05, 3.63) is 24.2 Å². The molecule has 2 heterocycles. The molecule has 0 atom stereocenters. The van der Waals surface area contributed by atoms with Gasteiger partial charge in [-0.1, -0.05) is 16.5 Å². The van der Waals surface area contributed by atoms with Gasteiger partial charge in [0.25, 0.3) is 0 Å². The fourth-order valence-corrected chi connectivity index (χ4v) is 2.44. The minimum atomic E-state index is 0.597. The van der Waals surface area contributed by atoms with Crippen LogP contribution in [0.15, 0.2) is 27.2 Å². The maximum absolute atomic E-state index is 5.49. The van der Waals surface area contributed by atoms with Crippen molar-refractivity contribution in [2.24, 2.45) is 0 Å². The Hall–Kier alpha value is -1.01. The van der Waals surface area contributed by atoms with Crippen molar-refractivity contribution in [2.45, 2.75) is 9.96 Å². The van der Waals surface area contributed by atoms with Crippen LogP contribution in [-0.4, -0.2) is 10.1 Å². The lowest BCUT2D eigenvalue weighted by atomic mass is 10.5. The molecule has 68 valence electrons. The number of hydrogen-bond donors (Lipinski definition) is 1. The Bertz CT molecular complexity index is 371. The van der Waals surface area contributed by atoms with E-state index in [1.54, 1.807) is 24.2 Å². The summed E-state index contributed by atoms with van der Waals surface area (Å²) in [5.41, 5.74) is 5.49. The van der Waals surface area contributed by atoms with Gasteiger partial charge >= 0.3 is 0 Å². The number of rotatable bonds is 3. The molecule has 0 aliphatic heterocycles. The van der Waals surface area contributed by atoms with Gasteiger partial charge in [-0.2, -0.15) is 0 Å². The standard InChI is InChI=1S/C7H7N3OS2/c8-7-9-3-6(13-7)12-4-5-1-2-10-11-5/h1-3H,4H2,(H2,8,9). The second-order valence-corrected chi connectivity index (χ2v) is 4.62. The van der Waals surface area contributed by atoms with Gasteiger partial charge in [-0.3, -0.25) is 0 Å². The third-order valence-electron chi connectivity index (χ3n) is 1.35. The van der Waals surface area contributed by atoms with Gasteiger partial charge in [-0.15, -0.1) is 11.8 Å². The summed E-state index contributed by atoms with van der Waals surface area (Å²) in [5, 5.41) is 4.21. The highest BCUT2D eigenvalue weighted by atomic mass is 32.2. The van der Waals surface area contributed by atoms with Crippen molar-refractivity contribution < 1.29 is 4.52 Å². The van der Waals surface area contributed by atoms with Crippen molar-refractivity contribution >= 4 is 28.2 Å². The van der Waals surface area contributed by atoms with Crippen molar-refractivity contribution in [3.63, 3.8) is 0 Å². The lowest BCUT2D eigenvalue weighted by Crippen LogP contribution is -1.77. The molecule has 0 fully saturated rings. The highest BCUT2D eigenvalue weighted by Gasteiger charge is 2.02. The Morgan fingerprint density at radius 1 is 1.62 bits per heavy atom. The first kappa shape index (κ1) is 8.58. The van der Waals surface area contributed by atoms with Crippen LogP contribution in [0.2, 0.25) is 0 Å². The van der Waals surface area contributed by atoms with E-state index in [0.29, 0.717) is 5.13 Å². The largest absolute Gasteiger partial charge is 0.375 e. The zero-order valence-electron chi connectivity index (χ0n) is 6.64. The van der Waals surface area contributed by atoms with E-state index in [0.717, 1.165) is 15.7 Å². The van der Waals surface area contributed by atoms with E-state index in [4.69, 9.17) is 10.3 Å². The molecule has 2 aromatic rings. The van der Waals surface area contributed by atoms with Crippen molar-refractivity contribution in [1.82, 2.24) is 10.1 Å². The molecule has 0 aliphatic rings. The van der Waals surface area contributed by atoms with E-state index in [9.17, 15) is 0 Å². The van der Waals surface area contributed by atoms with Gasteiger partial charge in [0, 0.05) is 6.07 Å².